The molecule has 0 saturated heterocycles. The topological polar surface area (TPSA) is 263 Å². The number of nitrogens with one attached hydrogen (secondary N) is 5. The van der Waals surface area contributed by atoms with Crippen LogP contribution in [0.15, 0.2) is 24.3 Å². The van der Waals surface area contributed by atoms with Gasteiger partial charge in [-0.25, -0.2) is 4.79 Å². The van der Waals surface area contributed by atoms with Crippen molar-refractivity contribution in [2.75, 3.05) is 13.2 Å². The molecule has 6 atom stereocenters. The van der Waals surface area contributed by atoms with E-state index in [2.05, 4.69) is 26.6 Å². The molecule has 0 bridgehead atoms. The number of rotatable bonds is 22. The van der Waals surface area contributed by atoms with Gasteiger partial charge in [-0.3, -0.25) is 28.8 Å². The summed E-state index contributed by atoms with van der Waals surface area (Å²) in [5.41, 5.74) is 2.15. The maximum Gasteiger partial charge on any atom is 0.328 e. The number of ether oxygens (including phenoxy) is 4. The highest BCUT2D eigenvalue weighted by atomic mass is 16.6. The molecule has 0 fully saturated rings. The lowest BCUT2D eigenvalue weighted by molar-refractivity contribution is -0.156. The number of carboxylic acid groups (broad SMARTS) is 1. The van der Waals surface area contributed by atoms with Crippen molar-refractivity contribution in [1.82, 2.24) is 26.6 Å². The van der Waals surface area contributed by atoms with Crippen LogP contribution in [0.3, 0.4) is 0 Å². The molecule has 0 spiro atoms. The molecule has 1 aromatic rings. The minimum absolute atomic E-state index is 0.143. The molecule has 0 radical (unpaired) electrons. The third kappa shape index (κ3) is 22.4. The van der Waals surface area contributed by atoms with Crippen molar-refractivity contribution < 1.29 is 57.6 Å². The molecule has 8 N–H and O–H groups in total. The number of hydrogen-bond donors (Lipinski definition) is 7. The number of carbonyl (C=O) groups excluding carboxylic acids is 6. The van der Waals surface area contributed by atoms with Crippen LogP contribution < -0.4 is 37.1 Å². The second-order valence-electron chi connectivity index (χ2n) is 20.3. The minimum Gasteiger partial charge on any atom is -0.488 e. The zero-order chi connectivity index (χ0) is 48.9. The molecule has 1 rings (SSSR count). The Bertz CT molecular complexity index is 1720. The Labute approximate surface area is 373 Å². The van der Waals surface area contributed by atoms with Gasteiger partial charge in [0, 0.05) is 6.42 Å². The number of amides is 5. The summed E-state index contributed by atoms with van der Waals surface area (Å²) in [7, 11) is 0. The lowest BCUT2D eigenvalue weighted by Gasteiger charge is -2.31. The van der Waals surface area contributed by atoms with Crippen LogP contribution in [0.2, 0.25) is 0 Å². The largest absolute Gasteiger partial charge is 0.488 e. The van der Waals surface area contributed by atoms with E-state index < -0.39 is 112 Å². The van der Waals surface area contributed by atoms with Crippen LogP contribution in [0.25, 0.3) is 0 Å². The molecule has 0 heterocycles. The fraction of sp³-hybridized carbons (Fsp3) is 0.711. The average molecular weight is 893 g/mol. The molecule has 5 amide bonds. The van der Waals surface area contributed by atoms with E-state index in [9.17, 15) is 38.7 Å². The van der Waals surface area contributed by atoms with Crippen molar-refractivity contribution in [3.8, 4) is 5.75 Å². The van der Waals surface area contributed by atoms with E-state index >= 15 is 0 Å². The fourth-order valence-electron chi connectivity index (χ4n) is 5.40. The van der Waals surface area contributed by atoms with Crippen LogP contribution in [0, 0.1) is 5.92 Å². The maximum absolute atomic E-state index is 14.4. The van der Waals surface area contributed by atoms with Gasteiger partial charge >= 0.3 is 11.9 Å². The Kier molecular flexibility index (Phi) is 20.7. The third-order valence-electron chi connectivity index (χ3n) is 8.96. The quantitative estimate of drug-likeness (QED) is 0.0827. The van der Waals surface area contributed by atoms with Gasteiger partial charge in [0.15, 0.2) is 0 Å². The van der Waals surface area contributed by atoms with E-state index in [1.54, 1.807) is 100 Å². The minimum atomic E-state index is -1.66. The van der Waals surface area contributed by atoms with Gasteiger partial charge in [-0.15, -0.1) is 0 Å². The first kappa shape index (κ1) is 56.2. The predicted molar refractivity (Wildman–Crippen MR) is 237 cm³/mol. The summed E-state index contributed by atoms with van der Waals surface area (Å²) in [4.78, 5) is 94.5. The van der Waals surface area contributed by atoms with Crippen molar-refractivity contribution >= 4 is 41.5 Å². The second-order valence-corrected chi connectivity index (χ2v) is 20.3. The van der Waals surface area contributed by atoms with Gasteiger partial charge in [0.05, 0.1) is 30.8 Å². The van der Waals surface area contributed by atoms with Gasteiger partial charge in [0.25, 0.3) is 0 Å². The first-order chi connectivity index (χ1) is 28.5. The molecule has 0 saturated carbocycles. The molecule has 358 valence electrons. The van der Waals surface area contributed by atoms with Gasteiger partial charge in [-0.1, -0.05) is 32.4 Å². The van der Waals surface area contributed by atoms with Crippen molar-refractivity contribution in [3.63, 3.8) is 0 Å². The standard InChI is InChI=1S/C45H76N6O12/c1-17-26(2)34(39(57)51-45(15,16)40(58)59)50-38(56)32(25-61-42(6,7)8)49-36(54)30(22-27-18-20-28(21-19-27)62-43(9,10)11)48-37(55)31(23-33(52)63-44(12,13)14)47-35(53)29(46)24-60-41(3,4)5/h18-21,26,29-32,34H,17,22-25,46H2,1-16H3,(H,47,53)(H,48,55)(H,49,54)(H,50,56)(H,51,57)(H,58,59)/t26-,29-,30-,31-,32-,34-/m0/s1. The lowest BCUT2D eigenvalue weighted by atomic mass is 9.96. The summed E-state index contributed by atoms with van der Waals surface area (Å²) in [6.45, 7) is 26.7. The van der Waals surface area contributed by atoms with Crippen molar-refractivity contribution in [1.29, 1.82) is 0 Å². The van der Waals surface area contributed by atoms with E-state index in [4.69, 9.17) is 24.7 Å². The number of hydrogen-bond acceptors (Lipinski definition) is 12. The van der Waals surface area contributed by atoms with Crippen molar-refractivity contribution in [3.05, 3.63) is 29.8 Å². The summed E-state index contributed by atoms with van der Waals surface area (Å²) in [5, 5.41) is 22.6. The number of nitrogens with two attached hydrogens (primary N) is 1. The Morgan fingerprint density at radius 1 is 0.619 bits per heavy atom. The summed E-state index contributed by atoms with van der Waals surface area (Å²) in [5.74, 6) is -6.20. The van der Waals surface area contributed by atoms with Crippen molar-refractivity contribution in [2.45, 2.75) is 188 Å². The van der Waals surface area contributed by atoms with Crippen LogP contribution in [0.5, 0.6) is 5.75 Å². The number of carboxylic acids is 1. The maximum atomic E-state index is 14.4. The molecule has 0 aromatic heterocycles. The van der Waals surface area contributed by atoms with Crippen LogP contribution in [-0.4, -0.2) is 118 Å². The molecule has 1 aromatic carbocycles. The smallest absolute Gasteiger partial charge is 0.328 e. The van der Waals surface area contributed by atoms with Gasteiger partial charge in [-0.2, -0.15) is 0 Å². The summed E-state index contributed by atoms with van der Waals surface area (Å²) >= 11 is 0. The molecule has 0 aliphatic carbocycles. The first-order valence-corrected chi connectivity index (χ1v) is 21.3. The highest BCUT2D eigenvalue weighted by Crippen LogP contribution is 2.20. The molecule has 0 aliphatic rings. The Morgan fingerprint density at radius 2 is 1.10 bits per heavy atom. The van der Waals surface area contributed by atoms with Crippen LogP contribution in [0.4, 0.5) is 0 Å². The van der Waals surface area contributed by atoms with Crippen LogP contribution in [0.1, 0.15) is 129 Å². The Hall–Kier alpha value is -4.81. The van der Waals surface area contributed by atoms with Gasteiger partial charge < -0.3 is 56.4 Å². The van der Waals surface area contributed by atoms with Gasteiger partial charge in [0.2, 0.25) is 29.5 Å². The average Bonchev–Trinajstić information content (AvgIpc) is 3.11. The highest BCUT2D eigenvalue weighted by molar-refractivity contribution is 5.97. The van der Waals surface area contributed by atoms with E-state index in [1.165, 1.54) is 13.8 Å². The normalized spacial score (nSPS) is 15.3. The summed E-state index contributed by atoms with van der Waals surface area (Å²) in [6, 6.07) is -0.0980. The number of benzene rings is 1. The zero-order valence-electron chi connectivity index (χ0n) is 40.3. The summed E-state index contributed by atoms with van der Waals surface area (Å²) < 4.78 is 23.0. The molecule has 0 unspecified atom stereocenters. The Balaban J connectivity index is 3.73. The summed E-state index contributed by atoms with van der Waals surface area (Å²) in [6.07, 6.45) is -0.349. The Morgan fingerprint density at radius 3 is 1.57 bits per heavy atom. The van der Waals surface area contributed by atoms with E-state index in [0.717, 1.165) is 0 Å². The zero-order valence-corrected chi connectivity index (χ0v) is 40.3. The fourth-order valence-corrected chi connectivity index (χ4v) is 5.40. The lowest BCUT2D eigenvalue weighted by Crippen LogP contribution is -2.62. The SMILES string of the molecule is CC[C@H](C)[C@H](NC(=O)[C@H](COC(C)(C)C)NC(=O)[C@H](Cc1ccc(OC(C)(C)C)cc1)NC(=O)[C@H](CC(=O)OC(C)(C)C)NC(=O)[C@@H](N)COC(C)(C)C)C(=O)NC(C)(C)C(=O)O. The number of aliphatic carboxylic acids is 1. The molecule has 18 nitrogen and oxygen atoms in total. The van der Waals surface area contributed by atoms with E-state index in [0.29, 0.717) is 17.7 Å². The molecular weight excluding hydrogens is 817 g/mol. The van der Waals surface area contributed by atoms with Crippen LogP contribution in [-0.2, 0) is 54.2 Å². The molecular formula is C45H76N6O12. The predicted octanol–water partition coefficient (Wildman–Crippen LogP) is 3.06. The molecule has 63 heavy (non-hydrogen) atoms. The van der Waals surface area contributed by atoms with Crippen LogP contribution >= 0.6 is 0 Å². The van der Waals surface area contributed by atoms with E-state index in [-0.39, 0.29) is 19.6 Å². The first-order valence-electron chi connectivity index (χ1n) is 21.3. The monoisotopic (exact) mass is 893 g/mol. The molecule has 18 heteroatoms. The van der Waals surface area contributed by atoms with Crippen molar-refractivity contribution in [2.24, 2.45) is 11.7 Å². The van der Waals surface area contributed by atoms with Gasteiger partial charge in [0.1, 0.15) is 52.7 Å². The number of carbonyl (C=O) groups is 7. The molecule has 0 aliphatic heterocycles. The second kappa shape index (κ2) is 23.2. The third-order valence-corrected chi connectivity index (χ3v) is 8.96. The highest BCUT2D eigenvalue weighted by Gasteiger charge is 2.38. The van der Waals surface area contributed by atoms with E-state index in [1.807, 2.05) is 20.8 Å². The number of esters is 1. The van der Waals surface area contributed by atoms with Gasteiger partial charge in [-0.05, 0) is 121 Å².